The van der Waals surface area contributed by atoms with Crippen LogP contribution in [-0.2, 0) is 4.79 Å². The molecule has 0 heterocycles. The fourth-order valence-corrected chi connectivity index (χ4v) is 1.76. The van der Waals surface area contributed by atoms with Gasteiger partial charge >= 0.3 is 0 Å². The minimum absolute atomic E-state index is 0.210. The van der Waals surface area contributed by atoms with Crippen molar-refractivity contribution in [3.8, 4) is 5.75 Å². The van der Waals surface area contributed by atoms with Crippen LogP contribution >= 0.6 is 0 Å². The number of benzene rings is 1. The first-order valence-corrected chi connectivity index (χ1v) is 6.95. The average molecular weight is 282 g/mol. The zero-order valence-corrected chi connectivity index (χ0v) is 12.3. The highest BCUT2D eigenvalue weighted by atomic mass is 19.1. The van der Waals surface area contributed by atoms with Gasteiger partial charge in [-0.1, -0.05) is 19.4 Å². The van der Waals surface area contributed by atoms with Gasteiger partial charge in [0, 0.05) is 24.2 Å². The maximum Gasteiger partial charge on any atom is 0.260 e. The molecule has 4 nitrogen and oxygen atoms in total. The molecule has 0 bridgehead atoms. The lowest BCUT2D eigenvalue weighted by Gasteiger charge is -2.18. The van der Waals surface area contributed by atoms with Crippen LogP contribution in [0.4, 0.5) is 4.39 Å². The fourth-order valence-electron chi connectivity index (χ4n) is 1.76. The summed E-state index contributed by atoms with van der Waals surface area (Å²) in [7, 11) is 0. The van der Waals surface area contributed by atoms with Gasteiger partial charge in [0.25, 0.3) is 5.91 Å². The predicted molar refractivity (Wildman–Crippen MR) is 77.0 cm³/mol. The van der Waals surface area contributed by atoms with Crippen LogP contribution in [0.25, 0.3) is 0 Å². The molecule has 1 unspecified atom stereocenters. The van der Waals surface area contributed by atoms with Crippen LogP contribution in [0.3, 0.4) is 0 Å². The minimum atomic E-state index is -0.689. The normalized spacial score (nSPS) is 13.7. The first-order valence-electron chi connectivity index (χ1n) is 6.95. The number of hydrogen-bond acceptors (Lipinski definition) is 3. The Hall–Kier alpha value is -1.62. The number of nitrogens with two attached hydrogens (primary N) is 1. The molecule has 20 heavy (non-hydrogen) atoms. The van der Waals surface area contributed by atoms with Crippen LogP contribution in [0.5, 0.6) is 5.75 Å². The molecule has 0 aliphatic heterocycles. The lowest BCUT2D eigenvalue weighted by molar-refractivity contribution is -0.127. The van der Waals surface area contributed by atoms with Crippen LogP contribution < -0.4 is 15.8 Å². The summed E-state index contributed by atoms with van der Waals surface area (Å²) in [6, 6.07) is 3.88. The van der Waals surface area contributed by atoms with Gasteiger partial charge in [-0.05, 0) is 26.3 Å². The molecule has 0 fully saturated rings. The summed E-state index contributed by atoms with van der Waals surface area (Å²) in [5.74, 6) is -0.306. The molecule has 0 radical (unpaired) electrons. The van der Waals surface area contributed by atoms with Crippen molar-refractivity contribution in [3.63, 3.8) is 0 Å². The SMILES string of the molecule is CCCCNC(=O)C(C)Oc1cc(F)ccc1[C@H](C)N. The van der Waals surface area contributed by atoms with E-state index >= 15 is 0 Å². The molecule has 1 aromatic rings. The molecule has 2 atom stereocenters. The Morgan fingerprint density at radius 1 is 1.45 bits per heavy atom. The van der Waals surface area contributed by atoms with Gasteiger partial charge < -0.3 is 15.8 Å². The van der Waals surface area contributed by atoms with E-state index in [4.69, 9.17) is 10.5 Å². The van der Waals surface area contributed by atoms with Crippen molar-refractivity contribution < 1.29 is 13.9 Å². The molecule has 1 amide bonds. The number of hydrogen-bond donors (Lipinski definition) is 2. The minimum Gasteiger partial charge on any atom is -0.480 e. The van der Waals surface area contributed by atoms with E-state index in [-0.39, 0.29) is 11.9 Å². The molecule has 112 valence electrons. The summed E-state index contributed by atoms with van der Waals surface area (Å²) >= 11 is 0. The van der Waals surface area contributed by atoms with Crippen molar-refractivity contribution in [2.45, 2.75) is 45.8 Å². The predicted octanol–water partition coefficient (Wildman–Crippen LogP) is 2.53. The van der Waals surface area contributed by atoms with E-state index in [1.807, 2.05) is 6.92 Å². The molecular formula is C15H23FN2O2. The van der Waals surface area contributed by atoms with Gasteiger partial charge in [0.2, 0.25) is 0 Å². The maximum atomic E-state index is 13.3. The molecule has 3 N–H and O–H groups in total. The second-order valence-corrected chi connectivity index (χ2v) is 4.88. The molecule has 0 saturated carbocycles. The maximum absolute atomic E-state index is 13.3. The van der Waals surface area contributed by atoms with Gasteiger partial charge in [-0.15, -0.1) is 0 Å². The number of ether oxygens (including phenoxy) is 1. The number of nitrogens with one attached hydrogen (secondary N) is 1. The van der Waals surface area contributed by atoms with Crippen molar-refractivity contribution in [1.29, 1.82) is 0 Å². The van der Waals surface area contributed by atoms with Gasteiger partial charge in [0.1, 0.15) is 11.6 Å². The Morgan fingerprint density at radius 2 is 2.15 bits per heavy atom. The second-order valence-electron chi connectivity index (χ2n) is 4.88. The summed E-state index contributed by atoms with van der Waals surface area (Å²) in [6.45, 7) is 6.09. The average Bonchev–Trinajstić information content (AvgIpc) is 2.38. The van der Waals surface area contributed by atoms with Crippen LogP contribution in [0.15, 0.2) is 18.2 Å². The van der Waals surface area contributed by atoms with E-state index in [1.54, 1.807) is 19.9 Å². The first-order chi connectivity index (χ1) is 9.45. The van der Waals surface area contributed by atoms with Gasteiger partial charge in [0.05, 0.1) is 0 Å². The number of halogens is 1. The smallest absolute Gasteiger partial charge is 0.260 e. The van der Waals surface area contributed by atoms with Crippen LogP contribution in [-0.4, -0.2) is 18.6 Å². The van der Waals surface area contributed by atoms with Crippen molar-refractivity contribution >= 4 is 5.91 Å². The third kappa shape index (κ3) is 4.81. The number of carbonyl (C=O) groups is 1. The van der Waals surface area contributed by atoms with Gasteiger partial charge in [-0.25, -0.2) is 4.39 Å². The molecule has 0 saturated heterocycles. The Balaban J connectivity index is 2.71. The van der Waals surface area contributed by atoms with E-state index < -0.39 is 11.9 Å². The largest absolute Gasteiger partial charge is 0.480 e. The van der Waals surface area contributed by atoms with Crippen molar-refractivity contribution in [3.05, 3.63) is 29.6 Å². The molecule has 5 heteroatoms. The van der Waals surface area contributed by atoms with E-state index in [2.05, 4.69) is 5.32 Å². The summed E-state index contributed by atoms with van der Waals surface area (Å²) in [6.07, 6.45) is 1.24. The standard InChI is InChI=1S/C15H23FN2O2/c1-4-5-8-18-15(19)11(3)20-14-9-12(16)6-7-13(14)10(2)17/h6-7,9-11H,4-5,8,17H2,1-3H3,(H,18,19)/t10-,11?/m0/s1. The van der Waals surface area contributed by atoms with E-state index in [0.717, 1.165) is 12.8 Å². The molecule has 0 aliphatic rings. The molecule has 1 aromatic carbocycles. The molecular weight excluding hydrogens is 259 g/mol. The van der Waals surface area contributed by atoms with E-state index in [9.17, 15) is 9.18 Å². The Kier molecular flexibility index (Phi) is 6.45. The Labute approximate surface area is 119 Å². The zero-order valence-electron chi connectivity index (χ0n) is 12.3. The molecule has 1 rings (SSSR count). The molecule has 0 aromatic heterocycles. The van der Waals surface area contributed by atoms with Gasteiger partial charge in [0.15, 0.2) is 6.10 Å². The summed E-state index contributed by atoms with van der Waals surface area (Å²) in [5, 5.41) is 2.78. The van der Waals surface area contributed by atoms with Crippen molar-refractivity contribution in [2.24, 2.45) is 5.73 Å². The van der Waals surface area contributed by atoms with Crippen molar-refractivity contribution in [1.82, 2.24) is 5.32 Å². The second kappa shape index (κ2) is 7.85. The van der Waals surface area contributed by atoms with Gasteiger partial charge in [-0.2, -0.15) is 0 Å². The highest BCUT2D eigenvalue weighted by molar-refractivity contribution is 5.80. The topological polar surface area (TPSA) is 64.3 Å². The molecule has 0 spiro atoms. The third-order valence-corrected chi connectivity index (χ3v) is 2.97. The lowest BCUT2D eigenvalue weighted by Crippen LogP contribution is -2.37. The highest BCUT2D eigenvalue weighted by Crippen LogP contribution is 2.25. The van der Waals surface area contributed by atoms with E-state index in [0.29, 0.717) is 17.9 Å². The number of amides is 1. The van der Waals surface area contributed by atoms with Crippen LogP contribution in [0.1, 0.15) is 45.2 Å². The number of rotatable bonds is 7. The number of unbranched alkanes of at least 4 members (excludes halogenated alkanes) is 1. The highest BCUT2D eigenvalue weighted by Gasteiger charge is 2.17. The summed E-state index contributed by atoms with van der Waals surface area (Å²) < 4.78 is 18.8. The fraction of sp³-hybridized carbons (Fsp3) is 0.533. The zero-order chi connectivity index (χ0) is 15.1. The third-order valence-electron chi connectivity index (χ3n) is 2.97. The molecule has 0 aliphatic carbocycles. The Bertz CT molecular complexity index is 449. The lowest BCUT2D eigenvalue weighted by atomic mass is 10.1. The van der Waals surface area contributed by atoms with Crippen LogP contribution in [0.2, 0.25) is 0 Å². The van der Waals surface area contributed by atoms with Gasteiger partial charge in [-0.3, -0.25) is 4.79 Å². The van der Waals surface area contributed by atoms with E-state index in [1.165, 1.54) is 12.1 Å². The quantitative estimate of drug-likeness (QED) is 0.755. The number of carbonyl (C=O) groups excluding carboxylic acids is 1. The summed E-state index contributed by atoms with van der Waals surface area (Å²) in [4.78, 5) is 11.8. The first kappa shape index (κ1) is 16.4. The summed E-state index contributed by atoms with van der Waals surface area (Å²) in [5.41, 5.74) is 6.49. The Morgan fingerprint density at radius 3 is 2.75 bits per heavy atom. The monoisotopic (exact) mass is 282 g/mol. The van der Waals surface area contributed by atoms with Crippen molar-refractivity contribution in [2.75, 3.05) is 6.54 Å². The van der Waals surface area contributed by atoms with Crippen LogP contribution in [0, 0.1) is 5.82 Å².